The first-order chi connectivity index (χ1) is 6.29. The number of benzene rings is 1. The van der Waals surface area contributed by atoms with Crippen LogP contribution in [0.15, 0.2) is 30.3 Å². The van der Waals surface area contributed by atoms with E-state index in [-0.39, 0.29) is 5.92 Å². The highest BCUT2D eigenvalue weighted by Crippen LogP contribution is 2.22. The third-order valence-corrected chi connectivity index (χ3v) is 2.19. The van der Waals surface area contributed by atoms with E-state index in [1.54, 1.807) is 0 Å². The van der Waals surface area contributed by atoms with Crippen molar-refractivity contribution in [2.45, 2.75) is 19.4 Å². The van der Waals surface area contributed by atoms with E-state index in [1.807, 2.05) is 37.3 Å². The maximum absolute atomic E-state index is 10.6. The Labute approximate surface area is 78.2 Å². The molecule has 0 aliphatic carbocycles. The Morgan fingerprint density at radius 3 is 2.46 bits per heavy atom. The number of carbonyl (C=O) groups is 1. The van der Waals surface area contributed by atoms with Crippen molar-refractivity contribution >= 4 is 6.29 Å². The van der Waals surface area contributed by atoms with E-state index in [9.17, 15) is 9.90 Å². The Hall–Kier alpha value is -1.15. The zero-order valence-corrected chi connectivity index (χ0v) is 7.68. The maximum atomic E-state index is 10.6. The van der Waals surface area contributed by atoms with Crippen LogP contribution < -0.4 is 0 Å². The van der Waals surface area contributed by atoms with Crippen LogP contribution >= 0.6 is 0 Å². The van der Waals surface area contributed by atoms with Crippen molar-refractivity contribution in [2.24, 2.45) is 5.92 Å². The van der Waals surface area contributed by atoms with Gasteiger partial charge in [0.15, 0.2) is 0 Å². The van der Waals surface area contributed by atoms with Gasteiger partial charge in [-0.25, -0.2) is 0 Å². The average molecular weight is 178 g/mol. The summed E-state index contributed by atoms with van der Waals surface area (Å²) in [7, 11) is 0. The van der Waals surface area contributed by atoms with Gasteiger partial charge in [0, 0.05) is 5.92 Å². The Balaban J connectivity index is 2.77. The van der Waals surface area contributed by atoms with E-state index in [0.29, 0.717) is 6.42 Å². The molecule has 0 unspecified atom stereocenters. The summed E-state index contributed by atoms with van der Waals surface area (Å²) in [5.41, 5.74) is 0.807. The van der Waals surface area contributed by atoms with E-state index in [1.165, 1.54) is 0 Å². The summed E-state index contributed by atoms with van der Waals surface area (Å²) in [4.78, 5) is 10.6. The van der Waals surface area contributed by atoms with Crippen LogP contribution in [0.1, 0.15) is 25.0 Å². The molecule has 1 N–H and O–H groups in total. The molecule has 0 heterocycles. The molecule has 0 aliphatic rings. The van der Waals surface area contributed by atoms with Crippen molar-refractivity contribution in [1.29, 1.82) is 0 Å². The summed E-state index contributed by atoms with van der Waals surface area (Å²) < 4.78 is 0. The van der Waals surface area contributed by atoms with Crippen LogP contribution in [0.4, 0.5) is 0 Å². The standard InChI is InChI=1S/C11H14O2/c1-2-9(8-12)11(13)10-6-4-3-5-7-10/h3-9,11,13H,2H2,1H3/t9-,11+/m1/s1. The maximum Gasteiger partial charge on any atom is 0.125 e. The molecule has 2 nitrogen and oxygen atoms in total. The molecule has 1 aromatic carbocycles. The highest BCUT2D eigenvalue weighted by Gasteiger charge is 2.17. The predicted molar refractivity (Wildman–Crippen MR) is 51.2 cm³/mol. The van der Waals surface area contributed by atoms with Gasteiger partial charge in [0.25, 0.3) is 0 Å². The molecule has 0 spiro atoms. The minimum absolute atomic E-state index is 0.289. The first kappa shape index (κ1) is 9.93. The molecule has 2 atom stereocenters. The van der Waals surface area contributed by atoms with Gasteiger partial charge in [-0.1, -0.05) is 37.3 Å². The van der Waals surface area contributed by atoms with Crippen molar-refractivity contribution in [1.82, 2.24) is 0 Å². The largest absolute Gasteiger partial charge is 0.388 e. The molecule has 70 valence electrons. The van der Waals surface area contributed by atoms with Crippen LogP contribution in [0, 0.1) is 5.92 Å². The van der Waals surface area contributed by atoms with E-state index >= 15 is 0 Å². The molecule has 0 saturated carbocycles. The van der Waals surface area contributed by atoms with Crippen LogP contribution in [0.3, 0.4) is 0 Å². The van der Waals surface area contributed by atoms with E-state index < -0.39 is 6.10 Å². The van der Waals surface area contributed by atoms with Gasteiger partial charge in [-0.15, -0.1) is 0 Å². The molecule has 0 saturated heterocycles. The molecule has 0 radical (unpaired) electrons. The number of aliphatic hydroxyl groups excluding tert-OH is 1. The van der Waals surface area contributed by atoms with E-state index in [2.05, 4.69) is 0 Å². The fourth-order valence-corrected chi connectivity index (χ4v) is 1.29. The first-order valence-corrected chi connectivity index (χ1v) is 4.48. The molecule has 0 amide bonds. The predicted octanol–water partition coefficient (Wildman–Crippen LogP) is 1.95. The van der Waals surface area contributed by atoms with Gasteiger partial charge in [0.2, 0.25) is 0 Å². The summed E-state index contributed by atoms with van der Waals surface area (Å²) in [6, 6.07) is 9.26. The third kappa shape index (κ3) is 2.39. The van der Waals surface area contributed by atoms with Crippen molar-refractivity contribution < 1.29 is 9.90 Å². The van der Waals surface area contributed by atoms with E-state index in [4.69, 9.17) is 0 Å². The molecular formula is C11H14O2. The second kappa shape index (κ2) is 4.77. The van der Waals surface area contributed by atoms with Crippen LogP contribution in [0.2, 0.25) is 0 Å². The van der Waals surface area contributed by atoms with Gasteiger partial charge in [-0.05, 0) is 12.0 Å². The fourth-order valence-electron chi connectivity index (χ4n) is 1.29. The zero-order valence-electron chi connectivity index (χ0n) is 7.68. The van der Waals surface area contributed by atoms with Gasteiger partial charge >= 0.3 is 0 Å². The van der Waals surface area contributed by atoms with Crippen molar-refractivity contribution in [2.75, 3.05) is 0 Å². The molecule has 1 rings (SSSR count). The summed E-state index contributed by atoms with van der Waals surface area (Å²) in [5.74, 6) is -0.289. The second-order valence-electron chi connectivity index (χ2n) is 3.06. The van der Waals surface area contributed by atoms with Crippen LogP contribution in [-0.4, -0.2) is 11.4 Å². The molecule has 1 aromatic rings. The SMILES string of the molecule is CC[C@H](C=O)[C@H](O)c1ccccc1. The average Bonchev–Trinajstić information content (AvgIpc) is 2.21. The summed E-state index contributed by atoms with van der Waals surface area (Å²) in [6.07, 6.45) is 0.820. The molecule has 0 fully saturated rings. The molecule has 0 aromatic heterocycles. The van der Waals surface area contributed by atoms with Gasteiger partial charge in [0.05, 0.1) is 6.10 Å². The number of hydrogen-bond acceptors (Lipinski definition) is 2. The quantitative estimate of drug-likeness (QED) is 0.715. The van der Waals surface area contributed by atoms with Gasteiger partial charge in [-0.2, -0.15) is 0 Å². The molecule has 0 bridgehead atoms. The van der Waals surface area contributed by atoms with E-state index in [0.717, 1.165) is 11.8 Å². The highest BCUT2D eigenvalue weighted by molar-refractivity contribution is 5.55. The summed E-state index contributed by atoms with van der Waals surface area (Å²) in [6.45, 7) is 1.89. The summed E-state index contributed by atoms with van der Waals surface area (Å²) in [5, 5.41) is 9.75. The minimum Gasteiger partial charge on any atom is -0.388 e. The second-order valence-corrected chi connectivity index (χ2v) is 3.06. The highest BCUT2D eigenvalue weighted by atomic mass is 16.3. The minimum atomic E-state index is -0.663. The fraction of sp³-hybridized carbons (Fsp3) is 0.364. The van der Waals surface area contributed by atoms with Crippen LogP contribution in [0.5, 0.6) is 0 Å². The number of hydrogen-bond donors (Lipinski definition) is 1. The topological polar surface area (TPSA) is 37.3 Å². The van der Waals surface area contributed by atoms with Gasteiger partial charge in [-0.3, -0.25) is 0 Å². The lowest BCUT2D eigenvalue weighted by atomic mass is 9.95. The number of aliphatic hydroxyl groups is 1. The van der Waals surface area contributed by atoms with Crippen molar-refractivity contribution in [3.63, 3.8) is 0 Å². The monoisotopic (exact) mass is 178 g/mol. The lowest BCUT2D eigenvalue weighted by Crippen LogP contribution is -2.12. The van der Waals surface area contributed by atoms with Crippen LogP contribution in [0.25, 0.3) is 0 Å². The van der Waals surface area contributed by atoms with Crippen molar-refractivity contribution in [3.8, 4) is 0 Å². The summed E-state index contributed by atoms with van der Waals surface area (Å²) >= 11 is 0. The molecular weight excluding hydrogens is 164 g/mol. The van der Waals surface area contributed by atoms with Gasteiger partial charge in [0.1, 0.15) is 6.29 Å². The third-order valence-electron chi connectivity index (χ3n) is 2.19. The lowest BCUT2D eigenvalue weighted by Gasteiger charge is -2.15. The normalized spacial score (nSPS) is 14.9. The van der Waals surface area contributed by atoms with Gasteiger partial charge < -0.3 is 9.90 Å². The lowest BCUT2D eigenvalue weighted by molar-refractivity contribution is -0.114. The zero-order chi connectivity index (χ0) is 9.68. The number of aldehydes is 1. The first-order valence-electron chi connectivity index (χ1n) is 4.48. The Morgan fingerprint density at radius 1 is 1.38 bits per heavy atom. The number of carbonyl (C=O) groups excluding carboxylic acids is 1. The smallest absolute Gasteiger partial charge is 0.125 e. The van der Waals surface area contributed by atoms with Crippen LogP contribution in [-0.2, 0) is 4.79 Å². The molecule has 13 heavy (non-hydrogen) atoms. The number of rotatable bonds is 4. The molecule has 0 aliphatic heterocycles. The Morgan fingerprint density at radius 2 is 2.00 bits per heavy atom. The molecule has 2 heteroatoms. The Kier molecular flexibility index (Phi) is 3.65. The van der Waals surface area contributed by atoms with Crippen molar-refractivity contribution in [3.05, 3.63) is 35.9 Å². The Bertz CT molecular complexity index is 256.